The molecule has 0 aromatic rings. The summed E-state index contributed by atoms with van der Waals surface area (Å²) in [6.07, 6.45) is 9.91. The third kappa shape index (κ3) is 1.87. The van der Waals surface area contributed by atoms with Crippen LogP contribution >= 0.6 is 0 Å². The minimum atomic E-state index is -0.703. The molecule has 5 rings (SSSR count). The Balaban J connectivity index is 1.60. The fourth-order valence-electron chi connectivity index (χ4n) is 6.87. The van der Waals surface area contributed by atoms with E-state index in [2.05, 4.69) is 25.2 Å². The maximum Gasteiger partial charge on any atom is 0.240 e. The van der Waals surface area contributed by atoms with Gasteiger partial charge in [0.05, 0.1) is 6.07 Å². The van der Waals surface area contributed by atoms with Crippen molar-refractivity contribution in [3.8, 4) is 6.07 Å². The van der Waals surface area contributed by atoms with Gasteiger partial charge in [0, 0.05) is 5.54 Å². The van der Waals surface area contributed by atoms with E-state index in [0.717, 1.165) is 44.4 Å². The summed E-state index contributed by atoms with van der Waals surface area (Å²) in [6, 6.07) is 2.30. The summed E-state index contributed by atoms with van der Waals surface area (Å²) in [6.45, 7) is 4.83. The molecule has 21 heavy (non-hydrogen) atoms. The van der Waals surface area contributed by atoms with Gasteiger partial charge in [-0.05, 0) is 74.5 Å². The monoisotopic (exact) mass is 286 g/mol. The molecule has 2 unspecified atom stereocenters. The number of nitrogens with zero attached hydrogens (tertiary/aromatic N) is 1. The fourth-order valence-corrected chi connectivity index (χ4v) is 6.87. The highest BCUT2D eigenvalue weighted by molar-refractivity contribution is 5.87. The SMILES string of the molecule is CC12CC3CC(C)(C1)CC(NC(=O)C1(C#N)CCC1)(C3)C2. The molecule has 0 spiro atoms. The molecule has 0 radical (unpaired) electrons. The molecule has 4 bridgehead atoms. The first-order valence-electron chi connectivity index (χ1n) is 8.54. The zero-order chi connectivity index (χ0) is 14.9. The van der Waals surface area contributed by atoms with Crippen LogP contribution < -0.4 is 5.32 Å². The summed E-state index contributed by atoms with van der Waals surface area (Å²) in [5.74, 6) is 0.807. The van der Waals surface area contributed by atoms with Crippen molar-refractivity contribution in [1.29, 1.82) is 5.26 Å². The van der Waals surface area contributed by atoms with Crippen LogP contribution in [-0.2, 0) is 4.79 Å². The molecule has 5 saturated carbocycles. The summed E-state index contributed by atoms with van der Waals surface area (Å²) < 4.78 is 0. The van der Waals surface area contributed by atoms with E-state index in [1.165, 1.54) is 19.3 Å². The van der Waals surface area contributed by atoms with E-state index in [1.807, 2.05) is 0 Å². The van der Waals surface area contributed by atoms with Crippen LogP contribution in [0.1, 0.15) is 71.6 Å². The number of rotatable bonds is 2. The Labute approximate surface area is 127 Å². The van der Waals surface area contributed by atoms with E-state index in [1.54, 1.807) is 0 Å². The largest absolute Gasteiger partial charge is 0.349 e. The molecule has 3 nitrogen and oxygen atoms in total. The lowest BCUT2D eigenvalue weighted by molar-refractivity contribution is -0.148. The molecule has 2 atom stereocenters. The predicted molar refractivity (Wildman–Crippen MR) is 80.2 cm³/mol. The first-order chi connectivity index (χ1) is 9.80. The topological polar surface area (TPSA) is 52.9 Å². The van der Waals surface area contributed by atoms with Crippen LogP contribution in [0.4, 0.5) is 0 Å². The first-order valence-corrected chi connectivity index (χ1v) is 8.54. The third-order valence-corrected chi connectivity index (χ3v) is 6.86. The van der Waals surface area contributed by atoms with Crippen LogP contribution in [0.15, 0.2) is 0 Å². The maximum atomic E-state index is 12.7. The number of amides is 1. The van der Waals surface area contributed by atoms with Gasteiger partial charge in [-0.25, -0.2) is 0 Å². The van der Waals surface area contributed by atoms with Crippen molar-refractivity contribution in [2.75, 3.05) is 0 Å². The van der Waals surface area contributed by atoms with Crippen molar-refractivity contribution in [2.45, 2.75) is 77.2 Å². The molecule has 0 aromatic heterocycles. The predicted octanol–water partition coefficient (Wildman–Crippen LogP) is 3.55. The van der Waals surface area contributed by atoms with Crippen LogP contribution in [0, 0.1) is 33.5 Å². The van der Waals surface area contributed by atoms with Crippen LogP contribution in [0.3, 0.4) is 0 Å². The van der Waals surface area contributed by atoms with Crippen molar-refractivity contribution >= 4 is 5.91 Å². The standard InChI is InChI=1S/C18H26N2O/c1-15-6-13-7-16(2,9-15)11-18(8-13,10-15)20-14(21)17(12-19)4-3-5-17/h13H,3-11H2,1-2H3,(H,20,21). The summed E-state index contributed by atoms with van der Waals surface area (Å²) in [5.41, 5.74) is 0.0896. The smallest absolute Gasteiger partial charge is 0.240 e. The maximum absolute atomic E-state index is 12.7. The van der Waals surface area contributed by atoms with E-state index in [4.69, 9.17) is 0 Å². The Bertz CT molecular complexity index is 524. The summed E-state index contributed by atoms with van der Waals surface area (Å²) in [4.78, 5) is 12.7. The lowest BCUT2D eigenvalue weighted by atomic mass is 9.42. The zero-order valence-electron chi connectivity index (χ0n) is 13.3. The average Bonchev–Trinajstić information content (AvgIpc) is 2.21. The summed E-state index contributed by atoms with van der Waals surface area (Å²) >= 11 is 0. The summed E-state index contributed by atoms with van der Waals surface area (Å²) in [7, 11) is 0. The molecule has 5 aliphatic rings. The molecule has 5 aliphatic carbocycles. The van der Waals surface area contributed by atoms with Gasteiger partial charge in [0.2, 0.25) is 5.91 Å². The number of hydrogen-bond acceptors (Lipinski definition) is 2. The second-order valence-electron chi connectivity index (χ2n) is 9.41. The number of nitrogens with one attached hydrogen (secondary N) is 1. The Morgan fingerprint density at radius 3 is 2.14 bits per heavy atom. The van der Waals surface area contributed by atoms with Crippen molar-refractivity contribution in [3.05, 3.63) is 0 Å². The molecular formula is C18H26N2O. The van der Waals surface area contributed by atoms with Crippen LogP contribution in [0.25, 0.3) is 0 Å². The fraction of sp³-hybridized carbons (Fsp3) is 0.889. The van der Waals surface area contributed by atoms with Gasteiger partial charge < -0.3 is 5.32 Å². The molecule has 114 valence electrons. The van der Waals surface area contributed by atoms with Gasteiger partial charge in [-0.3, -0.25) is 4.79 Å². The van der Waals surface area contributed by atoms with E-state index < -0.39 is 5.41 Å². The molecule has 0 saturated heterocycles. The molecule has 0 heterocycles. The lowest BCUT2D eigenvalue weighted by Gasteiger charge is -2.65. The van der Waals surface area contributed by atoms with Crippen LogP contribution in [0.5, 0.6) is 0 Å². The molecular weight excluding hydrogens is 260 g/mol. The van der Waals surface area contributed by atoms with Crippen molar-refractivity contribution in [1.82, 2.24) is 5.32 Å². The second-order valence-corrected chi connectivity index (χ2v) is 9.41. The zero-order valence-corrected chi connectivity index (χ0v) is 13.3. The average molecular weight is 286 g/mol. The Morgan fingerprint density at radius 2 is 1.71 bits per heavy atom. The Morgan fingerprint density at radius 1 is 1.10 bits per heavy atom. The third-order valence-electron chi connectivity index (χ3n) is 6.86. The van der Waals surface area contributed by atoms with Gasteiger partial charge in [-0.15, -0.1) is 0 Å². The molecule has 3 heteroatoms. The van der Waals surface area contributed by atoms with Crippen LogP contribution in [0.2, 0.25) is 0 Å². The van der Waals surface area contributed by atoms with Gasteiger partial charge in [-0.2, -0.15) is 5.26 Å². The molecule has 5 fully saturated rings. The van der Waals surface area contributed by atoms with Gasteiger partial charge in [0.15, 0.2) is 0 Å². The highest BCUT2D eigenvalue weighted by Crippen LogP contribution is 2.66. The molecule has 0 aromatic carbocycles. The number of hydrogen-bond donors (Lipinski definition) is 1. The van der Waals surface area contributed by atoms with Gasteiger partial charge in [-0.1, -0.05) is 13.8 Å². The Hall–Kier alpha value is -1.04. The number of carbonyl (C=O) groups excluding carboxylic acids is 1. The summed E-state index contributed by atoms with van der Waals surface area (Å²) in [5, 5.41) is 12.8. The molecule has 1 N–H and O–H groups in total. The minimum Gasteiger partial charge on any atom is -0.349 e. The molecule has 1 amide bonds. The van der Waals surface area contributed by atoms with Crippen LogP contribution in [-0.4, -0.2) is 11.4 Å². The van der Waals surface area contributed by atoms with E-state index in [-0.39, 0.29) is 11.4 Å². The second kappa shape index (κ2) is 3.83. The normalized spacial score (nSPS) is 49.3. The highest BCUT2D eigenvalue weighted by atomic mass is 16.2. The quantitative estimate of drug-likeness (QED) is 0.844. The minimum absolute atomic E-state index is 0.0144. The van der Waals surface area contributed by atoms with Gasteiger partial charge in [0.25, 0.3) is 0 Å². The Kier molecular flexibility index (Phi) is 2.48. The lowest BCUT2D eigenvalue weighted by Crippen LogP contribution is -2.66. The van der Waals surface area contributed by atoms with Gasteiger partial charge in [0.1, 0.15) is 5.41 Å². The number of nitriles is 1. The molecule has 0 aliphatic heterocycles. The number of carbonyl (C=O) groups is 1. The van der Waals surface area contributed by atoms with Crippen molar-refractivity contribution in [2.24, 2.45) is 22.2 Å². The first kappa shape index (κ1) is 13.6. The van der Waals surface area contributed by atoms with E-state index in [9.17, 15) is 10.1 Å². The highest BCUT2D eigenvalue weighted by Gasteiger charge is 2.61. The van der Waals surface area contributed by atoms with Crippen molar-refractivity contribution < 1.29 is 4.79 Å². The van der Waals surface area contributed by atoms with E-state index >= 15 is 0 Å². The van der Waals surface area contributed by atoms with Crippen molar-refractivity contribution in [3.63, 3.8) is 0 Å². The van der Waals surface area contributed by atoms with Gasteiger partial charge >= 0.3 is 0 Å². The van der Waals surface area contributed by atoms with E-state index in [0.29, 0.717) is 10.8 Å².